The number of amides is 2. The summed E-state index contributed by atoms with van der Waals surface area (Å²) in [5, 5.41) is 10.6. The van der Waals surface area contributed by atoms with Crippen molar-refractivity contribution in [3.63, 3.8) is 0 Å². The first kappa shape index (κ1) is 25.1. The van der Waals surface area contributed by atoms with Gasteiger partial charge >= 0.3 is 0 Å². The number of aromatic nitrogens is 3. The molecule has 0 radical (unpaired) electrons. The molecule has 1 unspecified atom stereocenters. The topological polar surface area (TPSA) is 120 Å². The van der Waals surface area contributed by atoms with Gasteiger partial charge in [0.2, 0.25) is 15.9 Å². The Bertz CT molecular complexity index is 1430. The van der Waals surface area contributed by atoms with Crippen LogP contribution in [0.25, 0.3) is 17.1 Å². The first-order valence-corrected chi connectivity index (χ1v) is 13.8. The lowest BCUT2D eigenvalue weighted by Gasteiger charge is -2.21. The van der Waals surface area contributed by atoms with E-state index < -0.39 is 10.0 Å². The normalized spacial score (nSPS) is 20.5. The minimum atomic E-state index is -3.48. The molecule has 2 amide bonds. The van der Waals surface area contributed by atoms with Gasteiger partial charge in [0, 0.05) is 51.9 Å². The number of rotatable bonds is 5. The average molecular weight is 523 g/mol. The van der Waals surface area contributed by atoms with Crippen molar-refractivity contribution < 1.29 is 18.0 Å². The van der Waals surface area contributed by atoms with Gasteiger partial charge < -0.3 is 9.80 Å². The van der Waals surface area contributed by atoms with Crippen LogP contribution in [0.1, 0.15) is 28.8 Å². The molecule has 194 valence electrons. The highest BCUT2D eigenvalue weighted by Crippen LogP contribution is 2.33. The first-order valence-electron chi connectivity index (χ1n) is 12.3. The lowest BCUT2D eigenvalue weighted by atomic mass is 9.92. The van der Waals surface area contributed by atoms with E-state index in [0.29, 0.717) is 49.1 Å². The number of carbonyl (C=O) groups is 2. The third-order valence-electron chi connectivity index (χ3n) is 7.36. The average Bonchev–Trinajstić information content (AvgIpc) is 3.49. The summed E-state index contributed by atoms with van der Waals surface area (Å²) in [5.41, 5.74) is 2.86. The van der Waals surface area contributed by atoms with E-state index in [1.165, 1.54) is 18.4 Å². The Kier molecular flexibility index (Phi) is 6.82. The van der Waals surface area contributed by atoms with Crippen molar-refractivity contribution in [1.82, 2.24) is 29.5 Å². The molecule has 2 fully saturated rings. The zero-order valence-corrected chi connectivity index (χ0v) is 21.7. The van der Waals surface area contributed by atoms with E-state index in [1.807, 2.05) is 15.9 Å². The number of likely N-dealkylation sites (tertiary alicyclic amines) is 2. The highest BCUT2D eigenvalue weighted by molar-refractivity contribution is 7.89. The predicted molar refractivity (Wildman–Crippen MR) is 139 cm³/mol. The van der Waals surface area contributed by atoms with Crippen LogP contribution in [-0.2, 0) is 14.8 Å². The van der Waals surface area contributed by atoms with Gasteiger partial charge in [-0.25, -0.2) is 12.7 Å². The van der Waals surface area contributed by atoms with E-state index in [1.54, 1.807) is 48.6 Å². The second-order valence-electron chi connectivity index (χ2n) is 9.87. The summed E-state index contributed by atoms with van der Waals surface area (Å²) in [6.45, 7) is 2.69. The number of hydrogen-bond donors (Lipinski definition) is 1. The third-order valence-corrected chi connectivity index (χ3v) is 9.19. The van der Waals surface area contributed by atoms with Crippen molar-refractivity contribution >= 4 is 38.9 Å². The molecule has 2 aromatic carbocycles. The van der Waals surface area contributed by atoms with E-state index >= 15 is 0 Å². The minimum absolute atomic E-state index is 0.0123. The van der Waals surface area contributed by atoms with Gasteiger partial charge in [0.25, 0.3) is 5.91 Å². The van der Waals surface area contributed by atoms with Crippen molar-refractivity contribution in [1.29, 1.82) is 0 Å². The van der Waals surface area contributed by atoms with Crippen molar-refractivity contribution in [2.75, 3.05) is 40.3 Å². The quantitative estimate of drug-likeness (QED) is 0.513. The highest BCUT2D eigenvalue weighted by Gasteiger charge is 2.37. The number of nitrogens with zero attached hydrogens (tertiary/aromatic N) is 5. The Morgan fingerprint density at radius 3 is 2.32 bits per heavy atom. The van der Waals surface area contributed by atoms with Crippen LogP contribution in [0, 0.1) is 11.8 Å². The summed E-state index contributed by atoms with van der Waals surface area (Å²) < 4.78 is 25.6. The van der Waals surface area contributed by atoms with Crippen molar-refractivity contribution in [2.24, 2.45) is 11.8 Å². The zero-order chi connectivity index (χ0) is 26.2. The summed E-state index contributed by atoms with van der Waals surface area (Å²) in [6, 6.07) is 11.9. The fraction of sp³-hybridized carbons (Fsp3) is 0.385. The molecule has 1 N–H and O–H groups in total. The predicted octanol–water partition coefficient (Wildman–Crippen LogP) is 2.23. The molecule has 0 aliphatic carbocycles. The van der Waals surface area contributed by atoms with Crippen molar-refractivity contribution in [3.05, 3.63) is 59.7 Å². The monoisotopic (exact) mass is 522 g/mol. The van der Waals surface area contributed by atoms with Gasteiger partial charge in [-0.3, -0.25) is 14.7 Å². The van der Waals surface area contributed by atoms with E-state index in [0.717, 1.165) is 23.9 Å². The smallest absolute Gasteiger partial charge is 0.253 e. The summed E-state index contributed by atoms with van der Waals surface area (Å²) in [4.78, 5) is 30.0. The van der Waals surface area contributed by atoms with Crippen LogP contribution in [0.3, 0.4) is 0 Å². The number of H-pyrrole nitrogens is 1. The van der Waals surface area contributed by atoms with Gasteiger partial charge in [0.15, 0.2) is 0 Å². The zero-order valence-electron chi connectivity index (χ0n) is 20.9. The first-order chi connectivity index (χ1) is 17.7. The molecular weight excluding hydrogens is 492 g/mol. The summed E-state index contributed by atoms with van der Waals surface area (Å²) in [5.74, 6) is 0.692. The lowest BCUT2D eigenvalue weighted by Crippen LogP contribution is -2.33. The van der Waals surface area contributed by atoms with Gasteiger partial charge in [-0.2, -0.15) is 0 Å². The van der Waals surface area contributed by atoms with E-state index in [4.69, 9.17) is 0 Å². The van der Waals surface area contributed by atoms with Gasteiger partial charge in [-0.1, -0.05) is 17.3 Å². The third kappa shape index (κ3) is 5.14. The van der Waals surface area contributed by atoms with E-state index in [9.17, 15) is 18.0 Å². The lowest BCUT2D eigenvalue weighted by molar-refractivity contribution is -0.126. The molecule has 2 atom stereocenters. The maximum Gasteiger partial charge on any atom is 0.253 e. The van der Waals surface area contributed by atoms with Crippen molar-refractivity contribution in [3.8, 4) is 0 Å². The van der Waals surface area contributed by atoms with Gasteiger partial charge in [-0.15, -0.1) is 5.10 Å². The largest absolute Gasteiger partial charge is 0.339 e. The Labute approximate surface area is 216 Å². The van der Waals surface area contributed by atoms with Gasteiger partial charge in [0.1, 0.15) is 5.52 Å². The summed E-state index contributed by atoms with van der Waals surface area (Å²) >= 11 is 0. The molecule has 11 heteroatoms. The molecule has 3 heterocycles. The Morgan fingerprint density at radius 1 is 1.00 bits per heavy atom. The molecule has 1 aromatic heterocycles. The number of benzene rings is 2. The highest BCUT2D eigenvalue weighted by atomic mass is 32.2. The molecule has 0 saturated carbocycles. The van der Waals surface area contributed by atoms with Crippen molar-refractivity contribution in [2.45, 2.75) is 17.7 Å². The number of hydrogen-bond acceptors (Lipinski definition) is 6. The van der Waals surface area contributed by atoms with Gasteiger partial charge in [0.05, 0.1) is 10.4 Å². The van der Waals surface area contributed by atoms with Crippen LogP contribution in [0.4, 0.5) is 0 Å². The van der Waals surface area contributed by atoms with Crippen LogP contribution < -0.4 is 0 Å². The second kappa shape index (κ2) is 10.1. The minimum Gasteiger partial charge on any atom is -0.339 e. The number of nitrogens with one attached hydrogen (secondary N) is 1. The van der Waals surface area contributed by atoms with Crippen LogP contribution >= 0.6 is 0 Å². The van der Waals surface area contributed by atoms with E-state index in [-0.39, 0.29) is 16.7 Å². The molecule has 37 heavy (non-hydrogen) atoms. The molecule has 5 rings (SSSR count). The molecule has 0 bridgehead atoms. The van der Waals surface area contributed by atoms with Crippen LogP contribution in [0.2, 0.25) is 0 Å². The Morgan fingerprint density at radius 2 is 1.68 bits per heavy atom. The fourth-order valence-corrected chi connectivity index (χ4v) is 6.03. The SMILES string of the molecule is CN(C)S(=O)(=O)c1ccc(/C=C/C(=O)N2CCC3CN(C(=O)c4ccc5[nH]nnc5c4)C[C@H]3CC2)cc1. The number of fused-ring (bicyclic) bond motifs is 2. The maximum absolute atomic E-state index is 13.1. The molecule has 0 spiro atoms. The molecule has 2 aliphatic heterocycles. The second-order valence-corrected chi connectivity index (χ2v) is 12.0. The molecule has 2 aliphatic rings. The fourth-order valence-electron chi connectivity index (χ4n) is 5.13. The molecule has 3 aromatic rings. The number of sulfonamides is 1. The van der Waals surface area contributed by atoms with E-state index in [2.05, 4.69) is 15.4 Å². The standard InChI is InChI=1S/C26H30N6O4S/c1-30(2)37(35,36)22-7-3-18(4-8-22)5-10-25(33)31-13-11-20-16-32(17-21(20)12-14-31)26(34)19-6-9-23-24(15-19)28-29-27-23/h3-10,15,20-21H,11-14,16-17H2,1-2H3,(H,27,28,29)/b10-5+/t20-,21?/m1/s1. The van der Waals surface area contributed by atoms with Crippen LogP contribution in [0.15, 0.2) is 53.4 Å². The Hall–Kier alpha value is -3.57. The molecule has 10 nitrogen and oxygen atoms in total. The summed E-state index contributed by atoms with van der Waals surface area (Å²) in [6.07, 6.45) is 4.97. The Balaban J connectivity index is 1.16. The maximum atomic E-state index is 13.1. The van der Waals surface area contributed by atoms with Gasteiger partial charge in [-0.05, 0) is 66.6 Å². The summed E-state index contributed by atoms with van der Waals surface area (Å²) in [7, 11) is -0.498. The van der Waals surface area contributed by atoms with Crippen LogP contribution in [-0.4, -0.2) is 90.0 Å². The van der Waals surface area contributed by atoms with Crippen LogP contribution in [0.5, 0.6) is 0 Å². The molecule has 2 saturated heterocycles. The number of carbonyl (C=O) groups excluding carboxylic acids is 2. The number of aromatic amines is 1. The molecular formula is C26H30N6O4S.